The fourth-order valence-electron chi connectivity index (χ4n) is 9.41. The highest BCUT2D eigenvalue weighted by molar-refractivity contribution is 6.23. The first-order valence-corrected chi connectivity index (χ1v) is 17.8. The standard InChI is InChI=1S/C47H35N3/c1-30-26-45-37(34-14-5-6-15-35(34)42-19-9-10-25-48(42)45)23-21-32-27-46-41(39-18-11-17-38-36-16-7-8-20-44(36)50(46)47(38)39)28-40(32)43-24-22-33(29-49(30)43)31-12-3-2-4-13-31/h2-20,22,24-25,27-29,37,45H,1,21,23,26H2/q+2. The zero-order valence-corrected chi connectivity index (χ0v) is 27.8. The predicted molar refractivity (Wildman–Crippen MR) is 204 cm³/mol. The first-order valence-electron chi connectivity index (χ1n) is 17.8. The van der Waals surface area contributed by atoms with Gasteiger partial charge in [0.25, 0.3) is 0 Å². The van der Waals surface area contributed by atoms with E-state index in [1.807, 2.05) is 0 Å². The van der Waals surface area contributed by atoms with Gasteiger partial charge in [0.1, 0.15) is 0 Å². The number of hydrogen-bond donors (Lipinski definition) is 0. The van der Waals surface area contributed by atoms with Crippen molar-refractivity contribution in [1.82, 2.24) is 4.40 Å². The average Bonchev–Trinajstić information content (AvgIpc) is 3.69. The normalized spacial score (nSPS) is 17.0. The molecule has 0 radical (unpaired) electrons. The van der Waals surface area contributed by atoms with E-state index in [4.69, 9.17) is 6.58 Å². The lowest BCUT2D eigenvalue weighted by atomic mass is 9.77. The summed E-state index contributed by atoms with van der Waals surface area (Å²) in [5.74, 6) is 0.347. The molecule has 4 aromatic heterocycles. The third-order valence-electron chi connectivity index (χ3n) is 11.6. The Balaban J connectivity index is 1.20. The summed E-state index contributed by atoms with van der Waals surface area (Å²) in [7, 11) is 0. The summed E-state index contributed by atoms with van der Waals surface area (Å²) in [6.07, 6.45) is 7.50. The lowest BCUT2D eigenvalue weighted by Gasteiger charge is -2.31. The fourth-order valence-corrected chi connectivity index (χ4v) is 9.41. The molecule has 2 aliphatic heterocycles. The molecule has 3 nitrogen and oxygen atoms in total. The molecule has 0 fully saturated rings. The maximum atomic E-state index is 4.86. The van der Waals surface area contributed by atoms with Crippen molar-refractivity contribution < 1.29 is 9.13 Å². The van der Waals surface area contributed by atoms with E-state index in [0.717, 1.165) is 25.0 Å². The van der Waals surface area contributed by atoms with Crippen LogP contribution in [0.25, 0.3) is 77.4 Å². The van der Waals surface area contributed by atoms with Crippen LogP contribution in [0.1, 0.15) is 35.9 Å². The Morgan fingerprint density at radius 3 is 2.30 bits per heavy atom. The van der Waals surface area contributed by atoms with E-state index < -0.39 is 0 Å². The summed E-state index contributed by atoms with van der Waals surface area (Å²) >= 11 is 0. The highest BCUT2D eigenvalue weighted by Gasteiger charge is 2.42. The Morgan fingerprint density at radius 2 is 1.38 bits per heavy atom. The molecule has 3 heteroatoms. The van der Waals surface area contributed by atoms with Crippen molar-refractivity contribution in [3.05, 3.63) is 170 Å². The van der Waals surface area contributed by atoms with Gasteiger partial charge in [-0.2, -0.15) is 9.13 Å². The van der Waals surface area contributed by atoms with Crippen LogP contribution in [0, 0.1) is 0 Å². The van der Waals surface area contributed by atoms with Crippen molar-refractivity contribution in [2.45, 2.75) is 31.2 Å². The molecule has 50 heavy (non-hydrogen) atoms. The van der Waals surface area contributed by atoms with Gasteiger partial charge >= 0.3 is 0 Å². The third kappa shape index (κ3) is 3.86. The molecule has 236 valence electrons. The van der Waals surface area contributed by atoms with E-state index in [0.29, 0.717) is 5.92 Å². The molecule has 0 aliphatic carbocycles. The Morgan fingerprint density at radius 1 is 0.600 bits per heavy atom. The molecule has 2 unspecified atom stereocenters. The van der Waals surface area contributed by atoms with E-state index in [9.17, 15) is 0 Å². The van der Waals surface area contributed by atoms with Crippen molar-refractivity contribution in [3.8, 4) is 33.6 Å². The summed E-state index contributed by atoms with van der Waals surface area (Å²) in [6, 6.07) is 52.0. The quantitative estimate of drug-likeness (QED) is 0.158. The number of pyridine rings is 2. The minimum atomic E-state index is 0.252. The molecule has 0 spiro atoms. The van der Waals surface area contributed by atoms with E-state index in [-0.39, 0.29) is 6.04 Å². The molecule has 0 saturated carbocycles. The van der Waals surface area contributed by atoms with Gasteiger partial charge in [-0.25, -0.2) is 0 Å². The summed E-state index contributed by atoms with van der Waals surface area (Å²) in [6.45, 7) is 4.86. The second kappa shape index (κ2) is 10.5. The second-order valence-corrected chi connectivity index (χ2v) is 14.2. The molecule has 0 saturated heterocycles. The van der Waals surface area contributed by atoms with Crippen molar-refractivity contribution in [3.63, 3.8) is 0 Å². The fraction of sp³-hybridized carbons (Fsp3) is 0.106. The lowest BCUT2D eigenvalue weighted by molar-refractivity contribution is -0.720. The van der Waals surface area contributed by atoms with Gasteiger partial charge in [0.2, 0.25) is 11.4 Å². The molecule has 6 heterocycles. The van der Waals surface area contributed by atoms with Gasteiger partial charge in [-0.15, -0.1) is 0 Å². The first kappa shape index (κ1) is 27.8. The van der Waals surface area contributed by atoms with Crippen molar-refractivity contribution in [2.75, 3.05) is 0 Å². The van der Waals surface area contributed by atoms with E-state index in [2.05, 4.69) is 165 Å². The minimum absolute atomic E-state index is 0.252. The van der Waals surface area contributed by atoms with Crippen LogP contribution in [0.5, 0.6) is 0 Å². The van der Waals surface area contributed by atoms with E-state index in [1.165, 1.54) is 82.9 Å². The molecular weight excluding hydrogens is 607 g/mol. The highest BCUT2D eigenvalue weighted by atomic mass is 15.0. The smallest absolute Gasteiger partial charge is 0.218 e. The molecule has 2 aliphatic rings. The van der Waals surface area contributed by atoms with Crippen molar-refractivity contribution >= 4 is 43.8 Å². The number of fused-ring (bicyclic) bond motifs is 15. The molecular formula is C47H35N3+2. The zero-order valence-electron chi connectivity index (χ0n) is 27.8. The Labute approximate surface area is 291 Å². The van der Waals surface area contributed by atoms with Crippen molar-refractivity contribution in [1.29, 1.82) is 0 Å². The predicted octanol–water partition coefficient (Wildman–Crippen LogP) is 10.6. The van der Waals surface area contributed by atoms with Crippen LogP contribution in [0.3, 0.4) is 0 Å². The minimum Gasteiger partial charge on any atom is -0.308 e. The van der Waals surface area contributed by atoms with Gasteiger partial charge in [-0.3, -0.25) is 0 Å². The molecule has 2 atom stereocenters. The largest absolute Gasteiger partial charge is 0.308 e. The van der Waals surface area contributed by atoms with Gasteiger partial charge in [0.15, 0.2) is 24.1 Å². The number of benzene rings is 5. The maximum Gasteiger partial charge on any atom is 0.218 e. The van der Waals surface area contributed by atoms with Crippen LogP contribution < -0.4 is 9.13 Å². The number of aromatic nitrogens is 3. The van der Waals surface area contributed by atoms with Gasteiger partial charge in [-0.1, -0.05) is 84.9 Å². The van der Waals surface area contributed by atoms with Crippen LogP contribution in [-0.2, 0) is 6.42 Å². The molecule has 0 bridgehead atoms. The Bertz CT molecular complexity index is 2820. The summed E-state index contributed by atoms with van der Waals surface area (Å²) in [5, 5.41) is 5.26. The number of nitrogens with zero attached hydrogens (tertiary/aromatic N) is 3. The second-order valence-electron chi connectivity index (χ2n) is 14.2. The number of allylic oxidation sites excluding steroid dienone is 1. The van der Waals surface area contributed by atoms with Gasteiger partial charge < -0.3 is 4.40 Å². The molecule has 0 amide bonds. The number of rotatable bonds is 1. The average molecular weight is 642 g/mol. The van der Waals surface area contributed by atoms with E-state index >= 15 is 0 Å². The Hall–Kier alpha value is -6.06. The summed E-state index contributed by atoms with van der Waals surface area (Å²) < 4.78 is 7.46. The number of aryl methyl sites for hydroxylation is 1. The first-order chi connectivity index (χ1) is 24.7. The number of para-hydroxylation sites is 2. The maximum absolute atomic E-state index is 4.86. The van der Waals surface area contributed by atoms with E-state index in [1.54, 1.807) is 0 Å². The van der Waals surface area contributed by atoms with Gasteiger partial charge in [-0.05, 0) is 72.5 Å². The van der Waals surface area contributed by atoms with Gasteiger partial charge in [0, 0.05) is 56.8 Å². The van der Waals surface area contributed by atoms with Crippen LogP contribution in [0.4, 0.5) is 0 Å². The molecule has 11 rings (SSSR count). The molecule has 0 N–H and O–H groups in total. The topological polar surface area (TPSA) is 12.2 Å². The molecule has 9 aromatic rings. The van der Waals surface area contributed by atoms with Crippen molar-refractivity contribution in [2.24, 2.45) is 0 Å². The third-order valence-corrected chi connectivity index (χ3v) is 11.6. The van der Waals surface area contributed by atoms with Crippen LogP contribution in [0.15, 0.2) is 158 Å². The van der Waals surface area contributed by atoms with Crippen LogP contribution >= 0.6 is 0 Å². The Kier molecular flexibility index (Phi) is 5.83. The lowest BCUT2D eigenvalue weighted by Crippen LogP contribution is -2.49. The highest BCUT2D eigenvalue weighted by Crippen LogP contribution is 2.46. The number of hydrogen-bond acceptors (Lipinski definition) is 0. The van der Waals surface area contributed by atoms with Gasteiger partial charge in [0.05, 0.1) is 28.5 Å². The van der Waals surface area contributed by atoms with Crippen LogP contribution in [-0.4, -0.2) is 4.40 Å². The SMILES string of the molecule is C=C1CC2C(CCc3cc4c(cc3-c3ccc(-c5ccccc5)c[n+]31)c1cccc3c5ccccc5n4c31)c1ccccc1-c1cccc[n+]12. The monoisotopic (exact) mass is 641 g/mol. The summed E-state index contributed by atoms with van der Waals surface area (Å²) in [5.41, 5.74) is 15.4. The zero-order chi connectivity index (χ0) is 32.9. The molecule has 5 aromatic carbocycles. The summed E-state index contributed by atoms with van der Waals surface area (Å²) in [4.78, 5) is 0. The van der Waals surface area contributed by atoms with Crippen LogP contribution in [0.2, 0.25) is 0 Å².